The zero-order chi connectivity index (χ0) is 17.8. The normalized spacial score (nSPS) is 12.7. The Morgan fingerprint density at radius 3 is 2.30 bits per heavy atom. The molecule has 0 aliphatic heterocycles. The van der Waals surface area contributed by atoms with E-state index in [-0.39, 0.29) is 36.6 Å². The van der Waals surface area contributed by atoms with Gasteiger partial charge in [-0.3, -0.25) is 4.79 Å². The van der Waals surface area contributed by atoms with Gasteiger partial charge in [-0.1, -0.05) is 39.8 Å². The molecule has 0 atom stereocenters. The van der Waals surface area contributed by atoms with Crippen molar-refractivity contribution in [1.29, 1.82) is 0 Å². The topological polar surface area (TPSA) is 59.2 Å². The molecule has 0 N–H and O–H groups in total. The summed E-state index contributed by atoms with van der Waals surface area (Å²) in [5, 5.41) is 3.83. The van der Waals surface area contributed by atoms with Crippen LogP contribution in [0.1, 0.15) is 52.8 Å². The van der Waals surface area contributed by atoms with E-state index >= 15 is 0 Å². The zero-order valence-corrected chi connectivity index (χ0v) is 14.2. The van der Waals surface area contributed by atoms with Crippen molar-refractivity contribution in [2.45, 2.75) is 59.1 Å². The first kappa shape index (κ1) is 19.4. The molecule has 1 rings (SSSR count). The number of hydrogen-bond acceptors (Lipinski definition) is 4. The Hall–Kier alpha value is -1.60. The summed E-state index contributed by atoms with van der Waals surface area (Å²) in [6.07, 6.45) is -4.36. The van der Waals surface area contributed by atoms with Crippen LogP contribution in [0.15, 0.2) is 4.52 Å². The summed E-state index contributed by atoms with van der Waals surface area (Å²) in [6.45, 7) is 8.12. The van der Waals surface area contributed by atoms with Crippen molar-refractivity contribution >= 4 is 5.91 Å². The van der Waals surface area contributed by atoms with Crippen molar-refractivity contribution in [1.82, 2.24) is 15.0 Å². The predicted octanol–water partition coefficient (Wildman–Crippen LogP) is 3.35. The fourth-order valence-electron chi connectivity index (χ4n) is 1.94. The van der Waals surface area contributed by atoms with E-state index in [4.69, 9.17) is 4.52 Å². The monoisotopic (exact) mass is 335 g/mol. The van der Waals surface area contributed by atoms with Gasteiger partial charge in [0, 0.05) is 24.8 Å². The first-order valence-electron chi connectivity index (χ1n) is 7.56. The minimum atomic E-state index is -4.41. The maximum Gasteiger partial charge on any atom is 0.406 e. The predicted molar refractivity (Wildman–Crippen MR) is 78.8 cm³/mol. The number of alkyl halides is 3. The Morgan fingerprint density at radius 1 is 1.26 bits per heavy atom. The van der Waals surface area contributed by atoms with E-state index in [2.05, 4.69) is 10.1 Å². The molecule has 0 saturated carbocycles. The van der Waals surface area contributed by atoms with Gasteiger partial charge in [-0.05, 0) is 5.92 Å². The highest BCUT2D eigenvalue weighted by Gasteiger charge is 2.33. The number of hydrogen-bond donors (Lipinski definition) is 0. The zero-order valence-electron chi connectivity index (χ0n) is 14.2. The van der Waals surface area contributed by atoms with Crippen LogP contribution in [0.25, 0.3) is 0 Å². The molecular weight excluding hydrogens is 311 g/mol. The number of amides is 1. The molecule has 0 aromatic carbocycles. The van der Waals surface area contributed by atoms with Crippen molar-refractivity contribution in [3.05, 3.63) is 11.7 Å². The Kier molecular flexibility index (Phi) is 6.18. The van der Waals surface area contributed by atoms with Gasteiger partial charge in [0.1, 0.15) is 6.54 Å². The molecule has 0 unspecified atom stereocenters. The third-order valence-electron chi connectivity index (χ3n) is 3.00. The maximum atomic E-state index is 12.6. The van der Waals surface area contributed by atoms with Gasteiger partial charge in [0.25, 0.3) is 0 Å². The number of carbonyl (C=O) groups excluding carboxylic acids is 1. The third kappa shape index (κ3) is 7.00. The summed E-state index contributed by atoms with van der Waals surface area (Å²) >= 11 is 0. The van der Waals surface area contributed by atoms with Crippen LogP contribution >= 0.6 is 0 Å². The second-order valence-electron chi connectivity index (χ2n) is 7.05. The molecular formula is C15H24F3N3O2. The lowest BCUT2D eigenvalue weighted by Crippen LogP contribution is -2.41. The lowest BCUT2D eigenvalue weighted by molar-refractivity contribution is -0.162. The minimum absolute atomic E-state index is 0.0443. The van der Waals surface area contributed by atoms with Crippen LogP contribution in [0.2, 0.25) is 0 Å². The SMILES string of the molecule is CC(C)CN(CC(F)(F)F)C(=O)CCc1nc(C(C)(C)C)no1. The number of carbonyl (C=O) groups is 1. The molecule has 1 aromatic rings. The molecule has 0 fully saturated rings. The molecule has 1 heterocycles. The second-order valence-corrected chi connectivity index (χ2v) is 7.05. The first-order chi connectivity index (χ1) is 10.4. The average Bonchev–Trinajstić information content (AvgIpc) is 2.81. The summed E-state index contributed by atoms with van der Waals surface area (Å²) in [7, 11) is 0. The number of aryl methyl sites for hydroxylation is 1. The van der Waals surface area contributed by atoms with Crippen LogP contribution in [0.4, 0.5) is 13.2 Å². The summed E-state index contributed by atoms with van der Waals surface area (Å²) in [5.74, 6) is 0.165. The van der Waals surface area contributed by atoms with Crippen LogP contribution in [-0.2, 0) is 16.6 Å². The number of nitrogens with zero attached hydrogens (tertiary/aromatic N) is 3. The molecule has 1 amide bonds. The molecule has 0 aliphatic rings. The summed E-state index contributed by atoms with van der Waals surface area (Å²) < 4.78 is 42.8. The lowest BCUT2D eigenvalue weighted by Gasteiger charge is -2.25. The molecule has 0 saturated heterocycles. The molecule has 1 aromatic heterocycles. The minimum Gasteiger partial charge on any atom is -0.339 e. The first-order valence-corrected chi connectivity index (χ1v) is 7.56. The molecule has 8 heteroatoms. The highest BCUT2D eigenvalue weighted by atomic mass is 19.4. The standard InChI is InChI=1S/C15H24F3N3O2/c1-10(2)8-21(9-15(16,17)18)12(22)7-6-11-19-13(20-23-11)14(3,4)5/h10H,6-9H2,1-5H3. The maximum absolute atomic E-state index is 12.6. The molecule has 0 aliphatic carbocycles. The van der Waals surface area contributed by atoms with Crippen LogP contribution in [0.5, 0.6) is 0 Å². The van der Waals surface area contributed by atoms with Crippen molar-refractivity contribution in [3.8, 4) is 0 Å². The van der Waals surface area contributed by atoms with Crippen molar-refractivity contribution in [3.63, 3.8) is 0 Å². The van der Waals surface area contributed by atoms with Crippen molar-refractivity contribution in [2.75, 3.05) is 13.1 Å². The Balaban J connectivity index is 2.66. The van der Waals surface area contributed by atoms with Gasteiger partial charge in [0.15, 0.2) is 5.82 Å². The highest BCUT2D eigenvalue weighted by Crippen LogP contribution is 2.20. The van der Waals surface area contributed by atoms with E-state index in [0.29, 0.717) is 5.82 Å². The fourth-order valence-corrected chi connectivity index (χ4v) is 1.94. The Labute approximate surface area is 134 Å². The van der Waals surface area contributed by atoms with E-state index < -0.39 is 18.6 Å². The molecule has 0 spiro atoms. The average molecular weight is 335 g/mol. The van der Waals surface area contributed by atoms with Crippen LogP contribution in [0.3, 0.4) is 0 Å². The van der Waals surface area contributed by atoms with E-state index in [1.165, 1.54) is 0 Å². The Morgan fingerprint density at radius 2 is 1.87 bits per heavy atom. The summed E-state index contributed by atoms with van der Waals surface area (Å²) in [5.41, 5.74) is -0.286. The Bertz CT molecular complexity index is 519. The quantitative estimate of drug-likeness (QED) is 0.800. The largest absolute Gasteiger partial charge is 0.406 e. The molecule has 23 heavy (non-hydrogen) atoms. The second kappa shape index (κ2) is 7.31. The van der Waals surface area contributed by atoms with Gasteiger partial charge in [0.2, 0.25) is 11.8 Å². The number of rotatable bonds is 6. The van der Waals surface area contributed by atoms with Crippen LogP contribution < -0.4 is 0 Å². The third-order valence-corrected chi connectivity index (χ3v) is 3.00. The van der Waals surface area contributed by atoms with Crippen LogP contribution in [-0.4, -0.2) is 40.2 Å². The van der Waals surface area contributed by atoms with Crippen LogP contribution in [0, 0.1) is 5.92 Å². The summed E-state index contributed by atoms with van der Waals surface area (Å²) in [6, 6.07) is 0. The van der Waals surface area contributed by atoms with Gasteiger partial charge in [0.05, 0.1) is 0 Å². The van der Waals surface area contributed by atoms with Gasteiger partial charge >= 0.3 is 6.18 Å². The van der Waals surface area contributed by atoms with E-state index in [1.807, 2.05) is 20.8 Å². The van der Waals surface area contributed by atoms with E-state index in [9.17, 15) is 18.0 Å². The molecule has 132 valence electrons. The van der Waals surface area contributed by atoms with Gasteiger partial charge in [-0.2, -0.15) is 18.2 Å². The van der Waals surface area contributed by atoms with E-state index in [0.717, 1.165) is 4.90 Å². The number of aromatic nitrogens is 2. The van der Waals surface area contributed by atoms with Gasteiger partial charge in [-0.25, -0.2) is 0 Å². The molecule has 5 nitrogen and oxygen atoms in total. The van der Waals surface area contributed by atoms with E-state index in [1.54, 1.807) is 13.8 Å². The van der Waals surface area contributed by atoms with Crippen molar-refractivity contribution in [2.24, 2.45) is 5.92 Å². The number of halogens is 3. The highest BCUT2D eigenvalue weighted by molar-refractivity contribution is 5.76. The van der Waals surface area contributed by atoms with Crippen molar-refractivity contribution < 1.29 is 22.5 Å². The lowest BCUT2D eigenvalue weighted by atomic mass is 9.96. The van der Waals surface area contributed by atoms with Gasteiger partial charge < -0.3 is 9.42 Å². The molecule has 0 bridgehead atoms. The van der Waals surface area contributed by atoms with Gasteiger partial charge in [-0.15, -0.1) is 0 Å². The smallest absolute Gasteiger partial charge is 0.339 e. The fraction of sp³-hybridized carbons (Fsp3) is 0.800. The summed E-state index contributed by atoms with van der Waals surface area (Å²) in [4.78, 5) is 17.1. The molecule has 0 radical (unpaired) electrons.